The van der Waals surface area contributed by atoms with Crippen LogP contribution in [0.4, 0.5) is 0 Å². The van der Waals surface area contributed by atoms with E-state index in [4.69, 9.17) is 5.73 Å². The number of nitrogens with two attached hydrogens (primary N) is 1. The Morgan fingerprint density at radius 1 is 1.24 bits per heavy atom. The minimum Gasteiger partial charge on any atom is -0.320 e. The van der Waals surface area contributed by atoms with Gasteiger partial charge in [0.1, 0.15) is 0 Å². The third-order valence-electron chi connectivity index (χ3n) is 3.60. The van der Waals surface area contributed by atoms with Gasteiger partial charge < -0.3 is 5.73 Å². The summed E-state index contributed by atoms with van der Waals surface area (Å²) in [5.41, 5.74) is 10.5. The number of rotatable bonds is 2. The molecule has 1 nitrogen and oxygen atoms in total. The highest BCUT2D eigenvalue weighted by Crippen LogP contribution is 2.35. The first kappa shape index (κ1) is 11.0. The number of hydrogen-bond donors (Lipinski definition) is 1. The van der Waals surface area contributed by atoms with Gasteiger partial charge in [-0.15, -0.1) is 11.3 Å². The van der Waals surface area contributed by atoms with E-state index in [9.17, 15) is 0 Å². The molecule has 1 aromatic carbocycles. The summed E-state index contributed by atoms with van der Waals surface area (Å²) in [6.07, 6.45) is 3.81. The number of aryl methyl sites for hydroxylation is 3. The Labute approximate surface area is 106 Å². The zero-order chi connectivity index (χ0) is 11.8. The van der Waals surface area contributed by atoms with Gasteiger partial charge in [0, 0.05) is 9.75 Å². The minimum atomic E-state index is 0.0480. The summed E-state index contributed by atoms with van der Waals surface area (Å²) >= 11 is 1.91. The molecular weight excluding hydrogens is 226 g/mol. The molecule has 0 fully saturated rings. The molecule has 1 heterocycles. The van der Waals surface area contributed by atoms with Crippen LogP contribution in [0, 0.1) is 6.92 Å². The average molecular weight is 243 g/mol. The molecule has 2 aromatic rings. The van der Waals surface area contributed by atoms with Crippen molar-refractivity contribution in [1.29, 1.82) is 0 Å². The molecule has 2 heteroatoms. The van der Waals surface area contributed by atoms with Crippen LogP contribution in [0.15, 0.2) is 30.3 Å². The van der Waals surface area contributed by atoms with Gasteiger partial charge in [-0.25, -0.2) is 0 Å². The molecule has 0 amide bonds. The van der Waals surface area contributed by atoms with E-state index in [1.807, 2.05) is 11.3 Å². The lowest BCUT2D eigenvalue weighted by atomic mass is 10.0. The average Bonchev–Trinajstić information content (AvgIpc) is 2.88. The minimum absolute atomic E-state index is 0.0480. The lowest BCUT2D eigenvalue weighted by Gasteiger charge is -2.12. The Kier molecular flexibility index (Phi) is 2.77. The number of hydrogen-bond acceptors (Lipinski definition) is 2. The quantitative estimate of drug-likeness (QED) is 0.857. The molecule has 17 heavy (non-hydrogen) atoms. The number of fused-ring (bicyclic) bond motifs is 1. The van der Waals surface area contributed by atoms with E-state index < -0.39 is 0 Å². The third-order valence-corrected chi connectivity index (χ3v) is 4.92. The molecule has 0 aliphatic heterocycles. The van der Waals surface area contributed by atoms with Crippen LogP contribution >= 0.6 is 11.3 Å². The molecule has 3 rings (SSSR count). The van der Waals surface area contributed by atoms with Gasteiger partial charge in [-0.3, -0.25) is 0 Å². The second-order valence-electron chi connectivity index (χ2n) is 4.78. The van der Waals surface area contributed by atoms with Gasteiger partial charge in [-0.1, -0.05) is 24.3 Å². The molecule has 1 aliphatic rings. The maximum atomic E-state index is 6.39. The molecule has 0 saturated carbocycles. The highest BCUT2D eigenvalue weighted by Gasteiger charge is 2.19. The molecule has 1 aliphatic carbocycles. The van der Waals surface area contributed by atoms with Gasteiger partial charge in [0.25, 0.3) is 0 Å². The smallest absolute Gasteiger partial charge is 0.0648 e. The molecule has 1 atom stereocenters. The highest BCUT2D eigenvalue weighted by atomic mass is 32.1. The molecule has 0 bridgehead atoms. The molecule has 0 saturated heterocycles. The monoisotopic (exact) mass is 243 g/mol. The van der Waals surface area contributed by atoms with Gasteiger partial charge in [-0.05, 0) is 48.9 Å². The second kappa shape index (κ2) is 4.28. The summed E-state index contributed by atoms with van der Waals surface area (Å²) < 4.78 is 0. The largest absolute Gasteiger partial charge is 0.320 e. The standard InChI is InChI=1S/C15H17NS/c1-10-5-2-3-7-12(10)15(16)14-9-11-6-4-8-13(11)17-14/h2-3,5,7,9,15H,4,6,8,16H2,1H3. The summed E-state index contributed by atoms with van der Waals surface area (Å²) in [6, 6.07) is 10.8. The fraction of sp³-hybridized carbons (Fsp3) is 0.333. The molecule has 1 aromatic heterocycles. The summed E-state index contributed by atoms with van der Waals surface area (Å²) in [6.45, 7) is 2.14. The third kappa shape index (κ3) is 1.92. The Balaban J connectivity index is 1.96. The van der Waals surface area contributed by atoms with E-state index in [1.54, 1.807) is 4.88 Å². The predicted octanol–water partition coefficient (Wildman–Crippen LogP) is 3.59. The van der Waals surface area contributed by atoms with E-state index in [0.717, 1.165) is 0 Å². The van der Waals surface area contributed by atoms with Crippen molar-refractivity contribution in [1.82, 2.24) is 0 Å². The van der Waals surface area contributed by atoms with Crippen LogP contribution in [-0.2, 0) is 12.8 Å². The molecule has 88 valence electrons. The lowest BCUT2D eigenvalue weighted by molar-refractivity contribution is 0.873. The fourth-order valence-corrected chi connectivity index (χ4v) is 3.87. The molecule has 2 N–H and O–H groups in total. The van der Waals surface area contributed by atoms with Crippen molar-refractivity contribution in [3.8, 4) is 0 Å². The first-order valence-electron chi connectivity index (χ1n) is 6.18. The normalized spacial score (nSPS) is 15.9. The van der Waals surface area contributed by atoms with Crippen LogP contribution in [0.3, 0.4) is 0 Å². The zero-order valence-electron chi connectivity index (χ0n) is 10.1. The molecule has 0 radical (unpaired) electrons. The molecule has 1 unspecified atom stereocenters. The van der Waals surface area contributed by atoms with Crippen molar-refractivity contribution in [2.75, 3.05) is 0 Å². The van der Waals surface area contributed by atoms with Crippen LogP contribution in [0.2, 0.25) is 0 Å². The maximum absolute atomic E-state index is 6.39. The van der Waals surface area contributed by atoms with Crippen LogP contribution in [-0.4, -0.2) is 0 Å². The molecular formula is C15H17NS. The SMILES string of the molecule is Cc1ccccc1C(N)c1cc2c(s1)CCC2. The summed E-state index contributed by atoms with van der Waals surface area (Å²) in [4.78, 5) is 2.88. The van der Waals surface area contributed by atoms with Crippen LogP contribution < -0.4 is 5.73 Å². The number of thiophene rings is 1. The maximum Gasteiger partial charge on any atom is 0.0648 e. The van der Waals surface area contributed by atoms with Crippen molar-refractivity contribution in [3.63, 3.8) is 0 Å². The van der Waals surface area contributed by atoms with Crippen molar-refractivity contribution in [2.24, 2.45) is 5.73 Å². The van der Waals surface area contributed by atoms with Gasteiger partial charge in [0.15, 0.2) is 0 Å². The first-order chi connectivity index (χ1) is 8.25. The van der Waals surface area contributed by atoms with Gasteiger partial charge in [0.05, 0.1) is 6.04 Å². The van der Waals surface area contributed by atoms with Crippen molar-refractivity contribution < 1.29 is 0 Å². The van der Waals surface area contributed by atoms with E-state index in [2.05, 4.69) is 37.3 Å². The Morgan fingerprint density at radius 2 is 2.06 bits per heavy atom. The van der Waals surface area contributed by atoms with E-state index in [0.29, 0.717) is 0 Å². The van der Waals surface area contributed by atoms with Gasteiger partial charge in [-0.2, -0.15) is 0 Å². The zero-order valence-corrected chi connectivity index (χ0v) is 10.9. The topological polar surface area (TPSA) is 26.0 Å². The number of benzene rings is 1. The Morgan fingerprint density at radius 3 is 2.82 bits per heavy atom. The van der Waals surface area contributed by atoms with E-state index >= 15 is 0 Å². The van der Waals surface area contributed by atoms with Crippen LogP contribution in [0.1, 0.15) is 38.9 Å². The van der Waals surface area contributed by atoms with Crippen molar-refractivity contribution >= 4 is 11.3 Å². The van der Waals surface area contributed by atoms with Gasteiger partial charge in [0.2, 0.25) is 0 Å². The summed E-state index contributed by atoms with van der Waals surface area (Å²) in [7, 11) is 0. The Bertz CT molecular complexity index is 520. The van der Waals surface area contributed by atoms with Crippen LogP contribution in [0.5, 0.6) is 0 Å². The predicted molar refractivity (Wildman–Crippen MR) is 73.6 cm³/mol. The summed E-state index contributed by atoms with van der Waals surface area (Å²) in [5.74, 6) is 0. The van der Waals surface area contributed by atoms with Crippen molar-refractivity contribution in [2.45, 2.75) is 32.2 Å². The van der Waals surface area contributed by atoms with E-state index in [-0.39, 0.29) is 6.04 Å². The Hall–Kier alpha value is -1.12. The first-order valence-corrected chi connectivity index (χ1v) is 7.00. The highest BCUT2D eigenvalue weighted by molar-refractivity contribution is 7.12. The lowest BCUT2D eigenvalue weighted by Crippen LogP contribution is -2.11. The fourth-order valence-electron chi connectivity index (χ4n) is 2.59. The summed E-state index contributed by atoms with van der Waals surface area (Å²) in [5, 5.41) is 0. The van der Waals surface area contributed by atoms with Gasteiger partial charge >= 0.3 is 0 Å². The van der Waals surface area contributed by atoms with E-state index in [1.165, 1.54) is 40.8 Å². The molecule has 0 spiro atoms. The van der Waals surface area contributed by atoms with Crippen molar-refractivity contribution in [3.05, 3.63) is 56.8 Å². The second-order valence-corrected chi connectivity index (χ2v) is 5.95. The van der Waals surface area contributed by atoms with Crippen LogP contribution in [0.25, 0.3) is 0 Å².